The van der Waals surface area contributed by atoms with Crippen LogP contribution < -0.4 is 0 Å². The molecule has 1 aromatic heterocycles. The highest BCUT2D eigenvalue weighted by atomic mass is 16.5. The maximum absolute atomic E-state index is 12.7. The van der Waals surface area contributed by atoms with Crippen LogP contribution in [0.2, 0.25) is 0 Å². The summed E-state index contributed by atoms with van der Waals surface area (Å²) in [6.45, 7) is 3.98. The molecular weight excluding hydrogens is 320 g/mol. The van der Waals surface area contributed by atoms with Crippen LogP contribution in [-0.4, -0.2) is 53.0 Å². The molecule has 0 radical (unpaired) electrons. The summed E-state index contributed by atoms with van der Waals surface area (Å²) >= 11 is 0. The zero-order valence-corrected chi connectivity index (χ0v) is 14.5. The van der Waals surface area contributed by atoms with Gasteiger partial charge in [0.15, 0.2) is 5.58 Å². The predicted octanol–water partition coefficient (Wildman–Crippen LogP) is 2.15. The Balaban J connectivity index is 1.40. The molecule has 1 aliphatic carbocycles. The van der Waals surface area contributed by atoms with Crippen molar-refractivity contribution in [2.24, 2.45) is 5.41 Å². The average molecular weight is 344 g/mol. The van der Waals surface area contributed by atoms with E-state index in [9.17, 15) is 9.90 Å². The number of likely N-dealkylation sites (tertiary alicyclic amines) is 1. The average Bonchev–Trinajstić information content (AvgIpc) is 3.05. The van der Waals surface area contributed by atoms with E-state index in [1.807, 2.05) is 36.1 Å². The van der Waals surface area contributed by atoms with E-state index in [1.54, 1.807) is 0 Å². The van der Waals surface area contributed by atoms with Crippen LogP contribution in [0.1, 0.15) is 31.9 Å². The van der Waals surface area contributed by atoms with Gasteiger partial charge in [0.05, 0.1) is 18.6 Å². The fourth-order valence-electron chi connectivity index (χ4n) is 4.31. The van der Waals surface area contributed by atoms with Crippen LogP contribution >= 0.6 is 0 Å². The molecule has 25 heavy (non-hydrogen) atoms. The minimum atomic E-state index is -0.305. The second kappa shape index (κ2) is 6.42. The summed E-state index contributed by atoms with van der Waals surface area (Å²) in [7, 11) is 0. The molecule has 6 heteroatoms. The van der Waals surface area contributed by atoms with Crippen molar-refractivity contribution in [2.45, 2.75) is 44.8 Å². The number of piperidine rings is 1. The maximum Gasteiger partial charge on any atom is 0.228 e. The monoisotopic (exact) mass is 344 g/mol. The topological polar surface area (TPSA) is 75.8 Å². The summed E-state index contributed by atoms with van der Waals surface area (Å²) in [6.07, 6.45) is 2.38. The molecule has 1 N–H and O–H groups in total. The number of carbonyl (C=O) groups excluding carboxylic acids is 1. The van der Waals surface area contributed by atoms with Gasteiger partial charge in [0.1, 0.15) is 5.69 Å². The van der Waals surface area contributed by atoms with Gasteiger partial charge in [-0.25, -0.2) is 0 Å². The Bertz CT molecular complexity index is 762. The number of aromatic nitrogens is 1. The van der Waals surface area contributed by atoms with E-state index in [4.69, 9.17) is 9.26 Å². The van der Waals surface area contributed by atoms with Crippen molar-refractivity contribution in [3.63, 3.8) is 0 Å². The van der Waals surface area contributed by atoms with E-state index < -0.39 is 0 Å². The van der Waals surface area contributed by atoms with Gasteiger partial charge < -0.3 is 19.3 Å². The van der Waals surface area contributed by atoms with E-state index >= 15 is 0 Å². The van der Waals surface area contributed by atoms with Crippen LogP contribution in [0.25, 0.3) is 11.0 Å². The Kier molecular flexibility index (Phi) is 4.25. The molecule has 0 unspecified atom stereocenters. The van der Waals surface area contributed by atoms with Crippen molar-refractivity contribution in [1.29, 1.82) is 0 Å². The van der Waals surface area contributed by atoms with Gasteiger partial charge >= 0.3 is 0 Å². The molecular formula is C19H24N2O4. The molecule has 2 heterocycles. The molecule has 2 fully saturated rings. The van der Waals surface area contributed by atoms with Crippen LogP contribution in [0.3, 0.4) is 0 Å². The molecule has 0 bridgehead atoms. The quantitative estimate of drug-likeness (QED) is 0.920. The van der Waals surface area contributed by atoms with Crippen LogP contribution in [0.5, 0.6) is 0 Å². The number of aliphatic hydroxyl groups excluding tert-OH is 1. The van der Waals surface area contributed by atoms with Gasteiger partial charge in [-0.05, 0) is 31.9 Å². The lowest BCUT2D eigenvalue weighted by molar-refractivity contribution is -0.210. The van der Waals surface area contributed by atoms with E-state index in [-0.39, 0.29) is 30.0 Å². The zero-order chi connectivity index (χ0) is 17.4. The fourth-order valence-corrected chi connectivity index (χ4v) is 4.31. The second-order valence-electron chi connectivity index (χ2n) is 7.11. The third-order valence-electron chi connectivity index (χ3n) is 5.93. The Labute approximate surface area is 146 Å². The molecule has 1 spiro atoms. The summed E-state index contributed by atoms with van der Waals surface area (Å²) in [5.74, 6) is 0.0654. The van der Waals surface area contributed by atoms with Crippen molar-refractivity contribution in [1.82, 2.24) is 10.1 Å². The largest absolute Gasteiger partial charge is 0.392 e. The molecule has 1 aliphatic heterocycles. The number of para-hydroxylation sites is 1. The number of hydrogen-bond donors (Lipinski definition) is 1. The minimum absolute atomic E-state index is 0.0654. The number of hydrogen-bond acceptors (Lipinski definition) is 5. The van der Waals surface area contributed by atoms with Gasteiger partial charge in [-0.15, -0.1) is 0 Å². The molecule has 1 saturated heterocycles. The minimum Gasteiger partial charge on any atom is -0.392 e. The lowest BCUT2D eigenvalue weighted by Gasteiger charge is -2.56. The van der Waals surface area contributed by atoms with Crippen molar-refractivity contribution in [2.75, 3.05) is 19.7 Å². The van der Waals surface area contributed by atoms with Gasteiger partial charge in [-0.2, -0.15) is 0 Å². The van der Waals surface area contributed by atoms with Gasteiger partial charge in [-0.1, -0.05) is 17.3 Å². The number of amides is 1. The van der Waals surface area contributed by atoms with Crippen LogP contribution in [0.4, 0.5) is 0 Å². The van der Waals surface area contributed by atoms with Crippen LogP contribution in [0, 0.1) is 5.41 Å². The number of nitrogens with zero attached hydrogens (tertiary/aromatic N) is 2. The third-order valence-corrected chi connectivity index (χ3v) is 5.93. The SMILES string of the molecule is CCO[C@H]1C[C@@H](O)C12CCN(C(=O)Cc1noc3ccccc13)CC2. The molecule has 1 amide bonds. The highest BCUT2D eigenvalue weighted by Crippen LogP contribution is 2.50. The number of aliphatic hydroxyl groups is 1. The fraction of sp³-hybridized carbons (Fsp3) is 0.579. The number of fused-ring (bicyclic) bond motifs is 1. The van der Waals surface area contributed by atoms with Gasteiger partial charge in [-0.3, -0.25) is 4.79 Å². The normalized spacial score (nSPS) is 25.3. The summed E-state index contributed by atoms with van der Waals surface area (Å²) in [6, 6.07) is 7.59. The van der Waals surface area contributed by atoms with Gasteiger partial charge in [0, 0.05) is 36.9 Å². The van der Waals surface area contributed by atoms with Crippen LogP contribution in [-0.2, 0) is 16.0 Å². The van der Waals surface area contributed by atoms with Crippen molar-refractivity contribution >= 4 is 16.9 Å². The standard InChI is InChI=1S/C19H24N2O4/c1-2-24-17-12-16(22)19(17)7-9-21(10-8-19)18(23)11-14-13-5-3-4-6-15(13)25-20-14/h3-6,16-17,22H,2,7-12H2,1H3/t16-,17+/m1/s1. The summed E-state index contributed by atoms with van der Waals surface area (Å²) < 4.78 is 11.1. The Hall–Kier alpha value is -1.92. The number of carbonyl (C=O) groups is 1. The molecule has 1 saturated carbocycles. The lowest BCUT2D eigenvalue weighted by atomic mass is 9.58. The first-order valence-corrected chi connectivity index (χ1v) is 9.05. The number of ether oxygens (including phenoxy) is 1. The first-order valence-electron chi connectivity index (χ1n) is 9.05. The smallest absolute Gasteiger partial charge is 0.228 e. The highest BCUT2D eigenvalue weighted by Gasteiger charge is 2.56. The molecule has 134 valence electrons. The molecule has 6 nitrogen and oxygen atoms in total. The Morgan fingerprint density at radius 2 is 2.16 bits per heavy atom. The third kappa shape index (κ3) is 2.73. The molecule has 2 aromatic rings. The summed E-state index contributed by atoms with van der Waals surface area (Å²) in [4.78, 5) is 14.5. The van der Waals surface area contributed by atoms with Gasteiger partial charge in [0.25, 0.3) is 0 Å². The van der Waals surface area contributed by atoms with E-state index in [2.05, 4.69) is 5.16 Å². The van der Waals surface area contributed by atoms with Gasteiger partial charge in [0.2, 0.25) is 5.91 Å². The number of benzene rings is 1. The molecule has 2 atom stereocenters. The first kappa shape index (κ1) is 16.5. The van der Waals surface area contributed by atoms with Crippen molar-refractivity contribution < 1.29 is 19.2 Å². The van der Waals surface area contributed by atoms with Crippen molar-refractivity contribution in [3.05, 3.63) is 30.0 Å². The lowest BCUT2D eigenvalue weighted by Crippen LogP contribution is -2.62. The van der Waals surface area contributed by atoms with E-state index in [0.717, 1.165) is 18.2 Å². The maximum atomic E-state index is 12.7. The second-order valence-corrected chi connectivity index (χ2v) is 7.11. The molecule has 4 rings (SSSR count). The first-order chi connectivity index (χ1) is 12.1. The predicted molar refractivity (Wildman–Crippen MR) is 92.0 cm³/mol. The Morgan fingerprint density at radius 3 is 2.88 bits per heavy atom. The summed E-state index contributed by atoms with van der Waals surface area (Å²) in [5, 5.41) is 15.2. The Morgan fingerprint density at radius 1 is 1.40 bits per heavy atom. The van der Waals surface area contributed by atoms with E-state index in [0.29, 0.717) is 37.4 Å². The van der Waals surface area contributed by atoms with E-state index in [1.165, 1.54) is 0 Å². The van der Waals surface area contributed by atoms with Crippen molar-refractivity contribution in [3.8, 4) is 0 Å². The summed E-state index contributed by atoms with van der Waals surface area (Å²) in [5.41, 5.74) is 1.24. The number of rotatable bonds is 4. The molecule has 1 aromatic carbocycles. The molecule has 2 aliphatic rings. The zero-order valence-electron chi connectivity index (χ0n) is 14.5. The highest BCUT2D eigenvalue weighted by molar-refractivity contribution is 5.86. The van der Waals surface area contributed by atoms with Crippen LogP contribution in [0.15, 0.2) is 28.8 Å².